The Balaban J connectivity index is 2.50. The smallest absolute Gasteiger partial charge is 0.0904 e. The van der Waals surface area contributed by atoms with Crippen molar-refractivity contribution in [3.63, 3.8) is 0 Å². The van der Waals surface area contributed by atoms with Crippen LogP contribution in [0.15, 0.2) is 24.3 Å². The van der Waals surface area contributed by atoms with Crippen molar-refractivity contribution in [3.8, 4) is 0 Å². The molecule has 1 fully saturated rings. The van der Waals surface area contributed by atoms with E-state index in [0.717, 1.165) is 25.6 Å². The van der Waals surface area contributed by atoms with Crippen LogP contribution >= 0.6 is 0 Å². The van der Waals surface area contributed by atoms with Crippen molar-refractivity contribution in [2.24, 2.45) is 5.92 Å². The molecule has 3 heteroatoms. The standard InChI is InChI=1S/C13H21B3/c1-9(2)13(10(3)16(13)4)11-7-5-6-8-12(11)15-14/h5-10,15H,14H2,1-4H3. The second kappa shape index (κ2) is 4.02. The largest absolute Gasteiger partial charge is 0.151 e. The molecule has 1 saturated heterocycles. The van der Waals surface area contributed by atoms with Crippen LogP contribution in [-0.2, 0) is 5.31 Å². The molecule has 16 heavy (non-hydrogen) atoms. The zero-order chi connectivity index (χ0) is 11.9. The van der Waals surface area contributed by atoms with E-state index in [4.69, 9.17) is 0 Å². The average Bonchev–Trinajstić information content (AvgIpc) is 2.83. The Morgan fingerprint density at radius 1 is 1.38 bits per heavy atom. The van der Waals surface area contributed by atoms with Crippen LogP contribution in [-0.4, -0.2) is 21.6 Å². The monoisotopic (exact) mass is 210 g/mol. The summed E-state index contributed by atoms with van der Waals surface area (Å²) in [6.07, 6.45) is 0. The molecule has 0 saturated carbocycles. The lowest BCUT2D eigenvalue weighted by atomic mass is 9.47. The fourth-order valence-electron chi connectivity index (χ4n) is 3.91. The van der Waals surface area contributed by atoms with Gasteiger partial charge in [-0.2, -0.15) is 0 Å². The number of benzene rings is 1. The molecule has 0 nitrogen and oxygen atoms in total. The highest BCUT2D eigenvalue weighted by atomic mass is 14.5. The highest BCUT2D eigenvalue weighted by Gasteiger charge is 2.63. The Morgan fingerprint density at radius 2 is 1.94 bits per heavy atom. The van der Waals surface area contributed by atoms with E-state index in [-0.39, 0.29) is 0 Å². The van der Waals surface area contributed by atoms with Gasteiger partial charge >= 0.3 is 0 Å². The van der Waals surface area contributed by atoms with Gasteiger partial charge in [0.1, 0.15) is 7.17 Å². The minimum Gasteiger partial charge on any atom is -0.0904 e. The van der Waals surface area contributed by atoms with E-state index in [0.29, 0.717) is 5.31 Å². The van der Waals surface area contributed by atoms with Gasteiger partial charge in [-0.05, 0) is 11.2 Å². The van der Waals surface area contributed by atoms with Crippen LogP contribution in [0.2, 0.25) is 12.6 Å². The Labute approximate surface area is 102 Å². The molecule has 0 aliphatic carbocycles. The van der Waals surface area contributed by atoms with E-state index in [9.17, 15) is 0 Å². The van der Waals surface area contributed by atoms with Crippen LogP contribution in [0, 0.1) is 5.92 Å². The average molecular weight is 210 g/mol. The van der Waals surface area contributed by atoms with E-state index in [1.807, 2.05) is 0 Å². The van der Waals surface area contributed by atoms with Gasteiger partial charge in [0.2, 0.25) is 0 Å². The maximum absolute atomic E-state index is 2.41. The van der Waals surface area contributed by atoms with Gasteiger partial charge in [-0.25, -0.2) is 0 Å². The van der Waals surface area contributed by atoms with E-state index >= 15 is 0 Å². The number of hydrogen-bond donors (Lipinski definition) is 0. The van der Waals surface area contributed by atoms with Gasteiger partial charge in [-0.3, -0.25) is 0 Å². The Kier molecular flexibility index (Phi) is 2.98. The molecular formula is C13H21B3. The lowest BCUT2D eigenvalue weighted by Crippen LogP contribution is -2.31. The summed E-state index contributed by atoms with van der Waals surface area (Å²) in [5, 5.41) is 0.451. The quantitative estimate of drug-likeness (QED) is 0.658. The molecule has 0 N–H and O–H groups in total. The van der Waals surface area contributed by atoms with Gasteiger partial charge in [0.05, 0.1) is 7.74 Å². The first-order valence-electron chi connectivity index (χ1n) is 6.65. The van der Waals surface area contributed by atoms with E-state index in [1.165, 1.54) is 0 Å². The predicted octanol–water partition coefficient (Wildman–Crippen LogP) is 1.26. The number of hydrogen-bond acceptors (Lipinski definition) is 0. The van der Waals surface area contributed by atoms with Crippen LogP contribution in [0.3, 0.4) is 0 Å². The third kappa shape index (κ3) is 1.40. The molecule has 2 rings (SSSR count). The molecule has 2 unspecified atom stereocenters. The second-order valence-corrected chi connectivity index (χ2v) is 5.68. The van der Waals surface area contributed by atoms with Gasteiger partial charge in [0, 0.05) is 0 Å². The van der Waals surface area contributed by atoms with Gasteiger partial charge in [-0.1, -0.05) is 68.7 Å². The summed E-state index contributed by atoms with van der Waals surface area (Å²) in [5.74, 6) is 1.57. The predicted molar refractivity (Wildman–Crippen MR) is 79.3 cm³/mol. The third-order valence-corrected chi connectivity index (χ3v) is 4.97. The third-order valence-electron chi connectivity index (χ3n) is 4.97. The van der Waals surface area contributed by atoms with Crippen LogP contribution in [0.25, 0.3) is 0 Å². The zero-order valence-corrected chi connectivity index (χ0v) is 11.2. The summed E-state index contributed by atoms with van der Waals surface area (Å²) in [7, 11) is 3.43. The SMILES string of the molecule is BBc1ccccc1C1(C(C)C)B(C)C1C. The van der Waals surface area contributed by atoms with Gasteiger partial charge < -0.3 is 0 Å². The summed E-state index contributed by atoms with van der Waals surface area (Å²) >= 11 is 0. The molecule has 1 aromatic rings. The van der Waals surface area contributed by atoms with Gasteiger partial charge in [0.25, 0.3) is 0 Å². The lowest BCUT2D eigenvalue weighted by Gasteiger charge is -2.26. The lowest BCUT2D eigenvalue weighted by molar-refractivity contribution is 0.495. The Bertz CT molecular complexity index is 369. The molecule has 0 bridgehead atoms. The topological polar surface area (TPSA) is 0 Å². The first-order chi connectivity index (χ1) is 7.56. The molecule has 0 radical (unpaired) electrons. The molecular weight excluding hydrogens is 189 g/mol. The Morgan fingerprint density at radius 3 is 2.38 bits per heavy atom. The molecule has 2 atom stereocenters. The molecule has 1 aromatic carbocycles. The van der Waals surface area contributed by atoms with Crippen molar-refractivity contribution in [1.29, 1.82) is 0 Å². The van der Waals surface area contributed by atoms with Crippen molar-refractivity contribution >= 4 is 27.1 Å². The summed E-state index contributed by atoms with van der Waals surface area (Å²) in [6.45, 7) is 10.4. The number of rotatable bonds is 3. The van der Waals surface area contributed by atoms with Gasteiger partial charge in [-0.15, -0.1) is 0 Å². The molecule has 0 spiro atoms. The van der Waals surface area contributed by atoms with Crippen molar-refractivity contribution in [2.75, 3.05) is 0 Å². The van der Waals surface area contributed by atoms with Crippen LogP contribution < -0.4 is 5.46 Å². The molecule has 0 aromatic heterocycles. The Hall–Kier alpha value is -0.585. The highest BCUT2D eigenvalue weighted by Crippen LogP contribution is 2.61. The first-order valence-corrected chi connectivity index (χ1v) is 6.65. The normalized spacial score (nSPS) is 28.3. The van der Waals surface area contributed by atoms with Crippen molar-refractivity contribution in [3.05, 3.63) is 29.8 Å². The summed E-state index contributed by atoms with van der Waals surface area (Å²) < 4.78 is 0. The van der Waals surface area contributed by atoms with Crippen molar-refractivity contribution in [2.45, 2.75) is 38.7 Å². The summed E-state index contributed by atoms with van der Waals surface area (Å²) in [6, 6.07) is 9.04. The molecule has 1 aliphatic rings. The van der Waals surface area contributed by atoms with Gasteiger partial charge in [0.15, 0.2) is 6.71 Å². The highest BCUT2D eigenvalue weighted by molar-refractivity contribution is 6.98. The summed E-state index contributed by atoms with van der Waals surface area (Å²) in [5.41, 5.74) is 3.17. The summed E-state index contributed by atoms with van der Waals surface area (Å²) in [4.78, 5) is 0. The maximum Gasteiger partial charge on any atom is 0.151 e. The fraction of sp³-hybridized carbons (Fsp3) is 0.538. The minimum absolute atomic E-state index is 0.451. The molecule has 0 amide bonds. The molecule has 1 heterocycles. The molecule has 1 aliphatic heterocycles. The molecule has 82 valence electrons. The second-order valence-electron chi connectivity index (χ2n) is 5.68. The zero-order valence-electron chi connectivity index (χ0n) is 11.2. The van der Waals surface area contributed by atoms with Crippen LogP contribution in [0.4, 0.5) is 0 Å². The van der Waals surface area contributed by atoms with E-state index in [1.54, 1.807) is 11.0 Å². The van der Waals surface area contributed by atoms with Crippen LogP contribution in [0.5, 0.6) is 0 Å². The van der Waals surface area contributed by atoms with E-state index < -0.39 is 0 Å². The van der Waals surface area contributed by atoms with Crippen molar-refractivity contribution < 1.29 is 0 Å². The fourth-order valence-corrected chi connectivity index (χ4v) is 3.91. The maximum atomic E-state index is 2.41. The minimum atomic E-state index is 0.451. The van der Waals surface area contributed by atoms with Crippen LogP contribution in [0.1, 0.15) is 26.3 Å². The van der Waals surface area contributed by atoms with E-state index in [2.05, 4.69) is 59.6 Å². The first kappa shape index (κ1) is 11.9. The van der Waals surface area contributed by atoms with Crippen molar-refractivity contribution in [1.82, 2.24) is 0 Å².